The van der Waals surface area contributed by atoms with Gasteiger partial charge in [0, 0.05) is 36.7 Å². The van der Waals surface area contributed by atoms with Crippen molar-refractivity contribution in [2.75, 3.05) is 4.90 Å². The minimum absolute atomic E-state index is 0.537. The monoisotopic (exact) mass is 767 g/mol. The molecule has 276 valence electrons. The van der Waals surface area contributed by atoms with Crippen LogP contribution in [-0.2, 0) is 5.41 Å². The second-order valence-electron chi connectivity index (χ2n) is 15.5. The summed E-state index contributed by atoms with van der Waals surface area (Å²) in [4.78, 5) is 2.64. The van der Waals surface area contributed by atoms with Crippen molar-refractivity contribution in [2.24, 2.45) is 0 Å². The van der Waals surface area contributed by atoms with E-state index in [1.807, 2.05) is 11.3 Å². The van der Waals surface area contributed by atoms with Gasteiger partial charge in [-0.15, -0.1) is 11.3 Å². The maximum absolute atomic E-state index is 2.64. The zero-order valence-electron chi connectivity index (χ0n) is 32.2. The summed E-state index contributed by atoms with van der Waals surface area (Å²) in [6, 6.07) is 83.2. The minimum Gasteiger partial charge on any atom is -0.308 e. The Morgan fingerprint density at radius 2 is 0.847 bits per heavy atom. The predicted octanol–water partition coefficient (Wildman–Crippen LogP) is 15.9. The number of fused-ring (bicyclic) bond motifs is 9. The second kappa shape index (κ2) is 13.4. The maximum Gasteiger partial charge on any atom is 0.0714 e. The third kappa shape index (κ3) is 4.91. The first-order valence-corrected chi connectivity index (χ1v) is 21.2. The van der Waals surface area contributed by atoms with E-state index >= 15 is 0 Å². The highest BCUT2D eigenvalue weighted by Crippen LogP contribution is 2.61. The molecule has 0 atom stereocenters. The summed E-state index contributed by atoms with van der Waals surface area (Å²) in [6.07, 6.45) is 0. The van der Waals surface area contributed by atoms with Crippen LogP contribution in [0.1, 0.15) is 22.3 Å². The van der Waals surface area contributed by atoms with E-state index < -0.39 is 5.41 Å². The van der Waals surface area contributed by atoms with E-state index in [-0.39, 0.29) is 0 Å². The van der Waals surface area contributed by atoms with E-state index in [2.05, 4.69) is 229 Å². The Labute approximate surface area is 347 Å². The van der Waals surface area contributed by atoms with E-state index in [1.54, 1.807) is 0 Å². The van der Waals surface area contributed by atoms with Crippen molar-refractivity contribution in [3.05, 3.63) is 247 Å². The number of nitrogens with zero attached hydrogens (tertiary/aromatic N) is 1. The van der Waals surface area contributed by atoms with E-state index in [0.29, 0.717) is 0 Å². The van der Waals surface area contributed by atoms with Crippen LogP contribution in [0.15, 0.2) is 224 Å². The Hall–Kier alpha value is -7.26. The molecule has 0 spiro atoms. The molecule has 10 aromatic carbocycles. The lowest BCUT2D eigenvalue weighted by molar-refractivity contribution is 0.768. The Kier molecular flexibility index (Phi) is 7.69. The summed E-state index contributed by atoms with van der Waals surface area (Å²) < 4.78 is 2.56. The number of anilines is 3. The molecule has 0 amide bonds. The largest absolute Gasteiger partial charge is 0.308 e. The zero-order chi connectivity index (χ0) is 38.9. The zero-order valence-corrected chi connectivity index (χ0v) is 33.0. The summed E-state index contributed by atoms with van der Waals surface area (Å²) >= 11 is 1.87. The van der Waals surface area contributed by atoms with Crippen LogP contribution in [0.4, 0.5) is 17.1 Å². The number of thiophene rings is 1. The van der Waals surface area contributed by atoms with Gasteiger partial charge in [0.05, 0.1) is 22.5 Å². The highest BCUT2D eigenvalue weighted by molar-refractivity contribution is 7.26. The van der Waals surface area contributed by atoms with E-state index in [0.717, 1.165) is 5.69 Å². The van der Waals surface area contributed by atoms with Crippen molar-refractivity contribution < 1.29 is 0 Å². The topological polar surface area (TPSA) is 3.24 Å². The first-order valence-electron chi connectivity index (χ1n) is 20.4. The second-order valence-corrected chi connectivity index (χ2v) is 16.6. The lowest BCUT2D eigenvalue weighted by Crippen LogP contribution is -2.28. The van der Waals surface area contributed by atoms with Crippen molar-refractivity contribution in [1.29, 1.82) is 0 Å². The molecule has 0 radical (unpaired) electrons. The summed E-state index contributed by atoms with van der Waals surface area (Å²) in [5.74, 6) is 0. The summed E-state index contributed by atoms with van der Waals surface area (Å²) in [7, 11) is 0. The SMILES string of the molecule is c1ccc(-c2c(N(c3cccc4c3-c3ccccc3C4(c3ccccc3)c3ccccc3)c3cccc4sc5ccccc5c34)c3ccccc3c3ccccc23)cc1. The highest BCUT2D eigenvalue weighted by atomic mass is 32.1. The molecule has 1 nitrogen and oxygen atoms in total. The molecule has 1 aliphatic carbocycles. The van der Waals surface area contributed by atoms with Gasteiger partial charge < -0.3 is 4.90 Å². The molecular formula is C57H37NS. The molecule has 0 saturated carbocycles. The molecule has 0 saturated heterocycles. The molecule has 0 unspecified atom stereocenters. The third-order valence-electron chi connectivity index (χ3n) is 12.5. The summed E-state index contributed by atoms with van der Waals surface area (Å²) in [5.41, 5.74) is 13.0. The fourth-order valence-electron chi connectivity index (χ4n) is 10.2. The Morgan fingerprint density at radius 1 is 0.339 bits per heavy atom. The quantitative estimate of drug-likeness (QED) is 0.152. The molecule has 0 N–H and O–H groups in total. The van der Waals surface area contributed by atoms with Crippen LogP contribution in [0.5, 0.6) is 0 Å². The lowest BCUT2D eigenvalue weighted by Gasteiger charge is -2.35. The van der Waals surface area contributed by atoms with Gasteiger partial charge >= 0.3 is 0 Å². The molecule has 0 fully saturated rings. The molecule has 59 heavy (non-hydrogen) atoms. The lowest BCUT2D eigenvalue weighted by atomic mass is 9.68. The summed E-state index contributed by atoms with van der Waals surface area (Å²) in [5, 5.41) is 7.47. The molecule has 0 bridgehead atoms. The van der Waals surface area contributed by atoms with Crippen LogP contribution < -0.4 is 4.90 Å². The normalized spacial score (nSPS) is 12.9. The molecule has 0 aliphatic heterocycles. The van der Waals surface area contributed by atoms with Crippen molar-refractivity contribution >= 4 is 70.1 Å². The van der Waals surface area contributed by atoms with Crippen molar-refractivity contribution in [3.8, 4) is 22.3 Å². The fraction of sp³-hybridized carbons (Fsp3) is 0.0175. The number of rotatable bonds is 6. The van der Waals surface area contributed by atoms with E-state index in [9.17, 15) is 0 Å². The molecule has 1 heterocycles. The van der Waals surface area contributed by atoms with Gasteiger partial charge in [-0.1, -0.05) is 200 Å². The van der Waals surface area contributed by atoms with Gasteiger partial charge in [-0.2, -0.15) is 0 Å². The van der Waals surface area contributed by atoms with Gasteiger partial charge in [0.15, 0.2) is 0 Å². The molecule has 1 aliphatic rings. The maximum atomic E-state index is 2.64. The minimum atomic E-state index is -0.537. The van der Waals surface area contributed by atoms with Crippen LogP contribution >= 0.6 is 11.3 Å². The van der Waals surface area contributed by atoms with Crippen LogP contribution in [-0.4, -0.2) is 0 Å². The Balaban J connectivity index is 1.30. The fourth-order valence-corrected chi connectivity index (χ4v) is 11.4. The Morgan fingerprint density at radius 3 is 1.58 bits per heavy atom. The number of benzene rings is 10. The number of hydrogen-bond acceptors (Lipinski definition) is 2. The van der Waals surface area contributed by atoms with Gasteiger partial charge in [0.1, 0.15) is 0 Å². The Bertz CT molecular complexity index is 3340. The average molecular weight is 768 g/mol. The van der Waals surface area contributed by atoms with Crippen LogP contribution in [0.25, 0.3) is 64.0 Å². The van der Waals surface area contributed by atoms with Gasteiger partial charge in [-0.25, -0.2) is 0 Å². The van der Waals surface area contributed by atoms with E-state index in [1.165, 1.54) is 97.6 Å². The molecular weight excluding hydrogens is 731 g/mol. The summed E-state index contributed by atoms with van der Waals surface area (Å²) in [6.45, 7) is 0. The van der Waals surface area contributed by atoms with Crippen molar-refractivity contribution in [2.45, 2.75) is 5.41 Å². The number of hydrogen-bond donors (Lipinski definition) is 0. The van der Waals surface area contributed by atoms with Crippen molar-refractivity contribution in [3.63, 3.8) is 0 Å². The first kappa shape index (κ1) is 33.8. The molecule has 2 heteroatoms. The van der Waals surface area contributed by atoms with Gasteiger partial charge in [0.2, 0.25) is 0 Å². The van der Waals surface area contributed by atoms with Gasteiger partial charge in [-0.3, -0.25) is 0 Å². The van der Waals surface area contributed by atoms with Gasteiger partial charge in [0.25, 0.3) is 0 Å². The molecule has 1 aromatic heterocycles. The predicted molar refractivity (Wildman–Crippen MR) is 252 cm³/mol. The van der Waals surface area contributed by atoms with Crippen LogP contribution in [0.3, 0.4) is 0 Å². The van der Waals surface area contributed by atoms with Crippen LogP contribution in [0.2, 0.25) is 0 Å². The standard InChI is InChI=1S/C57H37NS/c1-4-20-38(21-5-1)53-43-28-12-10-26-41(43)42-27-11-13-29-44(42)56(53)58(50-35-19-37-52-55(50)46-31-15-17-36-51(46)59-52)49-34-18-33-48-54(49)45-30-14-16-32-47(45)57(48,39-22-6-2-7-23-39)40-24-8-3-9-25-40/h1-37H. The van der Waals surface area contributed by atoms with Gasteiger partial charge in [-0.05, 0) is 73.8 Å². The van der Waals surface area contributed by atoms with Crippen molar-refractivity contribution in [1.82, 2.24) is 0 Å². The smallest absolute Gasteiger partial charge is 0.0714 e. The average Bonchev–Trinajstić information content (AvgIpc) is 3.85. The third-order valence-corrected chi connectivity index (χ3v) is 13.7. The molecule has 11 aromatic rings. The van der Waals surface area contributed by atoms with E-state index in [4.69, 9.17) is 0 Å². The molecule has 12 rings (SSSR count). The van der Waals surface area contributed by atoms with Crippen LogP contribution in [0, 0.1) is 0 Å². The highest BCUT2D eigenvalue weighted by Gasteiger charge is 2.47. The first-order chi connectivity index (χ1) is 29.3.